The maximum atomic E-state index is 11.5. The van der Waals surface area contributed by atoms with Gasteiger partial charge in [-0.05, 0) is 64.4 Å². The highest BCUT2D eigenvalue weighted by Crippen LogP contribution is 2.35. The van der Waals surface area contributed by atoms with Gasteiger partial charge in [0, 0.05) is 0 Å². The lowest BCUT2D eigenvalue weighted by molar-refractivity contribution is 0.965. The van der Waals surface area contributed by atoms with Crippen LogP contribution < -0.4 is 5.69 Å². The Morgan fingerprint density at radius 2 is 1.35 bits per heavy atom. The minimum atomic E-state index is -0.171. The van der Waals surface area contributed by atoms with Crippen LogP contribution in [0, 0.1) is 0 Å². The highest BCUT2D eigenvalue weighted by Gasteiger charge is 2.17. The lowest BCUT2D eigenvalue weighted by Crippen LogP contribution is -1.99. The van der Waals surface area contributed by atoms with Crippen molar-refractivity contribution in [2.45, 2.75) is 12.8 Å². The number of H-pyrrole nitrogens is 2. The van der Waals surface area contributed by atoms with E-state index in [1.807, 2.05) is 12.1 Å². The standard InChI is InChI=1S/C23H18N2O/c26-23-24-21-12-9-15(14-22(21)25-23)13-20-18-7-3-1-5-16(18)10-11-17-6-2-4-8-19(17)20/h1-9,12-14H,10-11H2,(H2,24,25,26). The number of aromatic amines is 2. The van der Waals surface area contributed by atoms with Gasteiger partial charge in [0.15, 0.2) is 0 Å². The van der Waals surface area contributed by atoms with Gasteiger partial charge in [0.1, 0.15) is 0 Å². The number of aromatic nitrogens is 2. The van der Waals surface area contributed by atoms with Crippen LogP contribution in [0.3, 0.4) is 0 Å². The predicted octanol–water partition coefficient (Wildman–Crippen LogP) is 4.54. The number of benzene rings is 3. The van der Waals surface area contributed by atoms with Crippen molar-refractivity contribution >= 4 is 22.7 Å². The summed E-state index contributed by atoms with van der Waals surface area (Å²) in [6.45, 7) is 0. The van der Waals surface area contributed by atoms with Crippen LogP contribution >= 0.6 is 0 Å². The summed E-state index contributed by atoms with van der Waals surface area (Å²) in [6.07, 6.45) is 4.33. The largest absolute Gasteiger partial charge is 0.323 e. The van der Waals surface area contributed by atoms with Crippen molar-refractivity contribution in [3.8, 4) is 0 Å². The molecule has 0 radical (unpaired) electrons. The van der Waals surface area contributed by atoms with E-state index in [0.717, 1.165) is 29.4 Å². The summed E-state index contributed by atoms with van der Waals surface area (Å²) in [7, 11) is 0. The van der Waals surface area contributed by atoms with Crippen LogP contribution in [0.5, 0.6) is 0 Å². The maximum absolute atomic E-state index is 11.5. The maximum Gasteiger partial charge on any atom is 0.323 e. The molecular weight excluding hydrogens is 320 g/mol. The summed E-state index contributed by atoms with van der Waals surface area (Å²) >= 11 is 0. The van der Waals surface area contributed by atoms with Gasteiger partial charge in [-0.1, -0.05) is 54.6 Å². The molecule has 0 bridgehead atoms. The molecule has 126 valence electrons. The fraction of sp³-hybridized carbons (Fsp3) is 0.0870. The van der Waals surface area contributed by atoms with Crippen LogP contribution in [0.1, 0.15) is 27.8 Å². The van der Waals surface area contributed by atoms with Gasteiger partial charge in [-0.3, -0.25) is 0 Å². The van der Waals surface area contributed by atoms with E-state index in [4.69, 9.17) is 0 Å². The minimum absolute atomic E-state index is 0.171. The molecule has 0 saturated carbocycles. The summed E-state index contributed by atoms with van der Waals surface area (Å²) in [6, 6.07) is 23.3. The van der Waals surface area contributed by atoms with Gasteiger partial charge in [-0.2, -0.15) is 0 Å². The Labute approximate surface area is 151 Å². The molecule has 2 N–H and O–H groups in total. The number of hydrogen-bond donors (Lipinski definition) is 2. The molecule has 0 saturated heterocycles. The second-order valence-electron chi connectivity index (χ2n) is 6.76. The number of aryl methyl sites for hydroxylation is 2. The van der Waals surface area contributed by atoms with Crippen LogP contribution in [0.25, 0.3) is 22.7 Å². The zero-order valence-corrected chi connectivity index (χ0v) is 14.3. The third-order valence-electron chi connectivity index (χ3n) is 5.13. The highest BCUT2D eigenvalue weighted by molar-refractivity contribution is 5.95. The molecule has 0 aliphatic heterocycles. The number of fused-ring (bicyclic) bond motifs is 3. The van der Waals surface area contributed by atoms with Crippen molar-refractivity contribution in [1.29, 1.82) is 0 Å². The number of nitrogens with one attached hydrogen (secondary N) is 2. The van der Waals surface area contributed by atoms with E-state index in [1.165, 1.54) is 27.8 Å². The molecular formula is C23H18N2O. The molecule has 1 heterocycles. The second kappa shape index (κ2) is 5.88. The van der Waals surface area contributed by atoms with Crippen molar-refractivity contribution in [3.63, 3.8) is 0 Å². The molecule has 5 rings (SSSR count). The van der Waals surface area contributed by atoms with Crippen molar-refractivity contribution < 1.29 is 0 Å². The van der Waals surface area contributed by atoms with Crippen molar-refractivity contribution in [3.05, 3.63) is 105 Å². The summed E-state index contributed by atoms with van der Waals surface area (Å²) in [5.74, 6) is 0. The monoisotopic (exact) mass is 338 g/mol. The van der Waals surface area contributed by atoms with Gasteiger partial charge < -0.3 is 9.97 Å². The lowest BCUT2D eigenvalue weighted by atomic mass is 9.92. The highest BCUT2D eigenvalue weighted by atomic mass is 16.1. The molecule has 3 aromatic carbocycles. The first kappa shape index (κ1) is 15.0. The Morgan fingerprint density at radius 1 is 0.731 bits per heavy atom. The molecule has 0 amide bonds. The predicted molar refractivity (Wildman–Crippen MR) is 106 cm³/mol. The molecule has 3 nitrogen and oxygen atoms in total. The smallest absolute Gasteiger partial charge is 0.306 e. The second-order valence-corrected chi connectivity index (χ2v) is 6.76. The van der Waals surface area contributed by atoms with Gasteiger partial charge >= 0.3 is 5.69 Å². The number of imidazole rings is 1. The first-order valence-electron chi connectivity index (χ1n) is 8.88. The Hall–Kier alpha value is -3.33. The Morgan fingerprint density at radius 3 is 2.04 bits per heavy atom. The van der Waals surface area contributed by atoms with E-state index < -0.39 is 0 Å². The van der Waals surface area contributed by atoms with Crippen LogP contribution in [0.4, 0.5) is 0 Å². The first-order chi connectivity index (χ1) is 12.8. The van der Waals surface area contributed by atoms with Crippen LogP contribution in [0.15, 0.2) is 71.5 Å². The van der Waals surface area contributed by atoms with E-state index in [1.54, 1.807) is 0 Å². The Kier molecular flexibility index (Phi) is 3.39. The normalized spacial score (nSPS) is 13.2. The van der Waals surface area contributed by atoms with E-state index >= 15 is 0 Å². The summed E-state index contributed by atoms with van der Waals surface area (Å²) in [5.41, 5.74) is 9.16. The average molecular weight is 338 g/mol. The molecule has 3 heteroatoms. The fourth-order valence-corrected chi connectivity index (χ4v) is 3.88. The molecule has 0 spiro atoms. The van der Waals surface area contributed by atoms with E-state index in [2.05, 4.69) is 70.6 Å². The molecule has 1 aliphatic carbocycles. The first-order valence-corrected chi connectivity index (χ1v) is 8.88. The summed E-state index contributed by atoms with van der Waals surface area (Å²) in [5, 5.41) is 0. The van der Waals surface area contributed by atoms with Gasteiger partial charge in [0.2, 0.25) is 0 Å². The fourth-order valence-electron chi connectivity index (χ4n) is 3.88. The zero-order valence-electron chi connectivity index (χ0n) is 14.3. The summed E-state index contributed by atoms with van der Waals surface area (Å²) in [4.78, 5) is 17.2. The quantitative estimate of drug-likeness (QED) is 0.526. The summed E-state index contributed by atoms with van der Waals surface area (Å²) < 4.78 is 0. The number of hydrogen-bond acceptors (Lipinski definition) is 1. The van der Waals surface area contributed by atoms with E-state index in [0.29, 0.717) is 0 Å². The van der Waals surface area contributed by atoms with Crippen molar-refractivity contribution in [2.24, 2.45) is 0 Å². The molecule has 0 unspecified atom stereocenters. The Balaban J connectivity index is 1.75. The molecule has 4 aromatic rings. The van der Waals surface area contributed by atoms with Gasteiger partial charge in [0.25, 0.3) is 0 Å². The van der Waals surface area contributed by atoms with Gasteiger partial charge in [-0.15, -0.1) is 0 Å². The minimum Gasteiger partial charge on any atom is -0.306 e. The molecule has 1 aromatic heterocycles. The van der Waals surface area contributed by atoms with Crippen molar-refractivity contribution in [1.82, 2.24) is 9.97 Å². The third-order valence-corrected chi connectivity index (χ3v) is 5.13. The average Bonchev–Trinajstić information content (AvgIpc) is 2.96. The topological polar surface area (TPSA) is 48.6 Å². The van der Waals surface area contributed by atoms with E-state index in [-0.39, 0.29) is 5.69 Å². The third kappa shape index (κ3) is 2.49. The lowest BCUT2D eigenvalue weighted by Gasteiger charge is -2.12. The molecule has 26 heavy (non-hydrogen) atoms. The van der Waals surface area contributed by atoms with Gasteiger partial charge in [-0.25, -0.2) is 4.79 Å². The van der Waals surface area contributed by atoms with Gasteiger partial charge in [0.05, 0.1) is 11.0 Å². The van der Waals surface area contributed by atoms with E-state index in [9.17, 15) is 4.79 Å². The Bertz CT molecular complexity index is 1160. The molecule has 0 atom stereocenters. The molecule has 0 fully saturated rings. The SMILES string of the molecule is O=c1[nH]c2ccc(C=C3c4ccccc4CCc4ccccc43)cc2[nH]1. The van der Waals surface area contributed by atoms with Crippen molar-refractivity contribution in [2.75, 3.05) is 0 Å². The van der Waals surface area contributed by atoms with Crippen LogP contribution in [0.2, 0.25) is 0 Å². The van der Waals surface area contributed by atoms with Crippen LogP contribution in [-0.4, -0.2) is 9.97 Å². The van der Waals surface area contributed by atoms with Crippen LogP contribution in [-0.2, 0) is 12.8 Å². The molecule has 1 aliphatic rings. The zero-order chi connectivity index (χ0) is 17.5. The number of rotatable bonds is 1.